The van der Waals surface area contributed by atoms with E-state index in [0.717, 1.165) is 12.2 Å². The number of pyridine rings is 1. The van der Waals surface area contributed by atoms with Crippen LogP contribution in [0.5, 0.6) is 0 Å². The lowest BCUT2D eigenvalue weighted by Gasteiger charge is -2.16. The Labute approximate surface area is 117 Å². The van der Waals surface area contributed by atoms with Crippen LogP contribution in [0.25, 0.3) is 0 Å². The van der Waals surface area contributed by atoms with Crippen LogP contribution in [0, 0.1) is 0 Å². The molecule has 0 saturated heterocycles. The molecule has 0 fully saturated rings. The van der Waals surface area contributed by atoms with Crippen molar-refractivity contribution in [2.75, 3.05) is 5.73 Å². The lowest BCUT2D eigenvalue weighted by molar-refractivity contribution is 0.0932. The van der Waals surface area contributed by atoms with E-state index in [9.17, 15) is 4.79 Å². The van der Waals surface area contributed by atoms with E-state index < -0.39 is 0 Å². The molecule has 3 N–H and O–H groups in total. The average Bonchev–Trinajstić information content (AvgIpc) is 2.93. The molecule has 2 aromatic heterocycles. The molecule has 7 nitrogen and oxygen atoms in total. The van der Waals surface area contributed by atoms with Crippen molar-refractivity contribution in [3.63, 3.8) is 0 Å². The summed E-state index contributed by atoms with van der Waals surface area (Å²) >= 11 is 0. The van der Waals surface area contributed by atoms with Crippen LogP contribution in [0.4, 0.5) is 5.82 Å². The topological polar surface area (TPSA) is 98.7 Å². The highest BCUT2D eigenvalue weighted by Gasteiger charge is 2.18. The fourth-order valence-corrected chi connectivity index (χ4v) is 1.92. The summed E-state index contributed by atoms with van der Waals surface area (Å²) in [5.41, 5.74) is 5.98. The second kappa shape index (κ2) is 6.14. The van der Waals surface area contributed by atoms with Crippen LogP contribution in [0.15, 0.2) is 24.7 Å². The van der Waals surface area contributed by atoms with Crippen LogP contribution in [-0.2, 0) is 6.54 Å². The van der Waals surface area contributed by atoms with Gasteiger partial charge in [0.05, 0.1) is 11.6 Å². The zero-order valence-corrected chi connectivity index (χ0v) is 11.6. The van der Waals surface area contributed by atoms with Gasteiger partial charge >= 0.3 is 0 Å². The number of rotatable bonds is 5. The van der Waals surface area contributed by atoms with Crippen molar-refractivity contribution in [3.05, 3.63) is 36.0 Å². The summed E-state index contributed by atoms with van der Waals surface area (Å²) < 4.78 is 1.77. The highest BCUT2D eigenvalue weighted by molar-refractivity contribution is 5.94. The predicted molar refractivity (Wildman–Crippen MR) is 74.8 cm³/mol. The number of hydrogen-bond acceptors (Lipinski definition) is 5. The van der Waals surface area contributed by atoms with Gasteiger partial charge in [0.2, 0.25) is 0 Å². The summed E-state index contributed by atoms with van der Waals surface area (Å²) in [5.74, 6) is 0.945. The van der Waals surface area contributed by atoms with Gasteiger partial charge in [0.15, 0.2) is 0 Å². The van der Waals surface area contributed by atoms with Gasteiger partial charge in [-0.15, -0.1) is 0 Å². The van der Waals surface area contributed by atoms with Gasteiger partial charge in [-0.1, -0.05) is 6.92 Å². The lowest BCUT2D eigenvalue weighted by Crippen LogP contribution is -2.30. The van der Waals surface area contributed by atoms with Crippen LogP contribution >= 0.6 is 0 Å². The highest BCUT2D eigenvalue weighted by Crippen LogP contribution is 2.14. The normalized spacial score (nSPS) is 12.1. The fraction of sp³-hybridized carbons (Fsp3) is 0.385. The minimum atomic E-state index is -0.199. The van der Waals surface area contributed by atoms with Gasteiger partial charge in [-0.3, -0.25) is 4.79 Å². The number of hydrogen-bond donors (Lipinski definition) is 2. The van der Waals surface area contributed by atoms with Gasteiger partial charge in [0.25, 0.3) is 5.91 Å². The Morgan fingerprint density at radius 3 is 2.80 bits per heavy atom. The maximum atomic E-state index is 12.2. The van der Waals surface area contributed by atoms with E-state index in [0.29, 0.717) is 17.9 Å². The molecule has 0 bridgehead atoms. The number of anilines is 1. The first-order chi connectivity index (χ1) is 9.65. The van der Waals surface area contributed by atoms with E-state index in [2.05, 4.69) is 20.4 Å². The number of nitrogen functional groups attached to an aromatic ring is 1. The van der Waals surface area contributed by atoms with Crippen LogP contribution in [0.2, 0.25) is 0 Å². The van der Waals surface area contributed by atoms with E-state index in [1.165, 1.54) is 12.5 Å². The zero-order valence-electron chi connectivity index (χ0n) is 11.6. The molecule has 20 heavy (non-hydrogen) atoms. The molecule has 7 heteroatoms. The molecule has 1 unspecified atom stereocenters. The number of amides is 1. The summed E-state index contributed by atoms with van der Waals surface area (Å²) in [6.07, 6.45) is 3.69. The molecular formula is C13H18N6O. The Hall–Kier alpha value is -2.44. The molecule has 0 aliphatic carbocycles. The van der Waals surface area contributed by atoms with Crippen molar-refractivity contribution in [2.24, 2.45) is 0 Å². The SMILES string of the molecule is CCC(NC(=O)c1ccc(N)nc1)c1ncnn1CC. The predicted octanol–water partition coefficient (Wildman–Crippen LogP) is 1.16. The number of carbonyl (C=O) groups is 1. The van der Waals surface area contributed by atoms with Crippen molar-refractivity contribution < 1.29 is 4.79 Å². The van der Waals surface area contributed by atoms with Gasteiger partial charge < -0.3 is 11.1 Å². The van der Waals surface area contributed by atoms with Crippen LogP contribution in [0.1, 0.15) is 42.5 Å². The van der Waals surface area contributed by atoms with Crippen molar-refractivity contribution in [2.45, 2.75) is 32.9 Å². The van der Waals surface area contributed by atoms with Gasteiger partial charge in [0.1, 0.15) is 18.0 Å². The molecule has 2 rings (SSSR count). The summed E-state index contributed by atoms with van der Waals surface area (Å²) in [4.78, 5) is 20.3. The lowest BCUT2D eigenvalue weighted by atomic mass is 10.2. The van der Waals surface area contributed by atoms with Crippen molar-refractivity contribution in [1.29, 1.82) is 0 Å². The number of nitrogens with zero attached hydrogens (tertiary/aromatic N) is 4. The quantitative estimate of drug-likeness (QED) is 0.852. The largest absolute Gasteiger partial charge is 0.384 e. The molecule has 0 aliphatic heterocycles. The third-order valence-electron chi connectivity index (χ3n) is 3.02. The third-order valence-corrected chi connectivity index (χ3v) is 3.02. The second-order valence-corrected chi connectivity index (χ2v) is 4.34. The van der Waals surface area contributed by atoms with Gasteiger partial charge in [-0.25, -0.2) is 14.6 Å². The summed E-state index contributed by atoms with van der Waals surface area (Å²) in [6, 6.07) is 3.07. The first kappa shape index (κ1) is 14.0. The highest BCUT2D eigenvalue weighted by atomic mass is 16.1. The van der Waals surface area contributed by atoms with E-state index in [1.807, 2.05) is 13.8 Å². The molecule has 1 amide bonds. The smallest absolute Gasteiger partial charge is 0.253 e. The number of nitrogens with one attached hydrogen (secondary N) is 1. The van der Waals surface area contributed by atoms with Gasteiger partial charge in [-0.2, -0.15) is 5.10 Å². The zero-order chi connectivity index (χ0) is 14.5. The molecule has 2 aromatic rings. The summed E-state index contributed by atoms with van der Waals surface area (Å²) in [7, 11) is 0. The molecule has 0 radical (unpaired) electrons. The van der Waals surface area contributed by atoms with E-state index in [4.69, 9.17) is 5.73 Å². The first-order valence-corrected chi connectivity index (χ1v) is 6.55. The summed E-state index contributed by atoms with van der Waals surface area (Å²) in [6.45, 7) is 4.68. The molecule has 2 heterocycles. The molecule has 0 saturated carbocycles. The van der Waals surface area contributed by atoms with Crippen molar-refractivity contribution in [1.82, 2.24) is 25.1 Å². The number of aromatic nitrogens is 4. The number of carbonyl (C=O) groups excluding carboxylic acids is 1. The van der Waals surface area contributed by atoms with E-state index in [1.54, 1.807) is 16.8 Å². The molecule has 1 atom stereocenters. The maximum absolute atomic E-state index is 12.2. The Balaban J connectivity index is 2.14. The monoisotopic (exact) mass is 274 g/mol. The van der Waals surface area contributed by atoms with Crippen LogP contribution < -0.4 is 11.1 Å². The van der Waals surface area contributed by atoms with Crippen molar-refractivity contribution in [3.8, 4) is 0 Å². The van der Waals surface area contributed by atoms with Crippen LogP contribution in [-0.4, -0.2) is 25.7 Å². The van der Waals surface area contributed by atoms with Crippen LogP contribution in [0.3, 0.4) is 0 Å². The molecule has 106 valence electrons. The van der Waals surface area contributed by atoms with Gasteiger partial charge in [0, 0.05) is 12.7 Å². The minimum absolute atomic E-state index is 0.178. The Bertz CT molecular complexity index is 577. The first-order valence-electron chi connectivity index (χ1n) is 6.55. The van der Waals surface area contributed by atoms with Crippen molar-refractivity contribution >= 4 is 11.7 Å². The Morgan fingerprint density at radius 1 is 1.40 bits per heavy atom. The molecule has 0 aromatic carbocycles. The summed E-state index contributed by atoms with van der Waals surface area (Å²) in [5, 5.41) is 7.06. The average molecular weight is 274 g/mol. The Kier molecular flexibility index (Phi) is 4.29. The third kappa shape index (κ3) is 2.93. The Morgan fingerprint density at radius 2 is 2.20 bits per heavy atom. The second-order valence-electron chi connectivity index (χ2n) is 4.34. The maximum Gasteiger partial charge on any atom is 0.253 e. The minimum Gasteiger partial charge on any atom is -0.384 e. The van der Waals surface area contributed by atoms with E-state index >= 15 is 0 Å². The molecule has 0 aliphatic rings. The van der Waals surface area contributed by atoms with Gasteiger partial charge in [-0.05, 0) is 25.5 Å². The molecular weight excluding hydrogens is 256 g/mol. The fourth-order valence-electron chi connectivity index (χ4n) is 1.92. The van der Waals surface area contributed by atoms with E-state index in [-0.39, 0.29) is 11.9 Å². The standard InChI is InChI=1S/C13H18N6O/c1-3-10(12-16-8-17-19(12)4-2)18-13(20)9-5-6-11(14)15-7-9/h5-8,10H,3-4H2,1-2H3,(H2,14,15)(H,18,20). The number of aryl methyl sites for hydroxylation is 1. The number of nitrogens with two attached hydrogens (primary N) is 1. The molecule has 0 spiro atoms.